The molecule has 2 N–H and O–H groups in total. The van der Waals surface area contributed by atoms with E-state index in [1.807, 2.05) is 0 Å². The Morgan fingerprint density at radius 3 is 2.42 bits per heavy atom. The second-order valence-electron chi connectivity index (χ2n) is 8.37. The highest BCUT2D eigenvalue weighted by Crippen LogP contribution is 2.40. The van der Waals surface area contributed by atoms with Gasteiger partial charge in [-0.15, -0.1) is 0 Å². The third kappa shape index (κ3) is 7.98. The smallest absolute Gasteiger partial charge is 0.417 e. The first-order valence-corrected chi connectivity index (χ1v) is 12.2. The number of carbonyl (C=O) groups excluding carboxylic acids is 1. The largest absolute Gasteiger partial charge is 0.490 e. The van der Waals surface area contributed by atoms with Crippen LogP contribution in [0.1, 0.15) is 11.1 Å². The summed E-state index contributed by atoms with van der Waals surface area (Å²) in [6.45, 7) is 3.58. The Morgan fingerprint density at radius 1 is 1.05 bits per heavy atom. The van der Waals surface area contributed by atoms with Crippen LogP contribution in [-0.4, -0.2) is 55.4 Å². The summed E-state index contributed by atoms with van der Waals surface area (Å²) in [7, 11) is 0. The molecule has 1 aromatic heterocycles. The molecule has 0 bridgehead atoms. The van der Waals surface area contributed by atoms with Gasteiger partial charge in [-0.3, -0.25) is 9.88 Å². The van der Waals surface area contributed by atoms with E-state index in [0.29, 0.717) is 31.3 Å². The lowest BCUT2D eigenvalue weighted by molar-refractivity contribution is -0.137. The quantitative estimate of drug-likeness (QED) is 0.362. The van der Waals surface area contributed by atoms with Gasteiger partial charge in [-0.25, -0.2) is 4.79 Å². The van der Waals surface area contributed by atoms with E-state index in [4.69, 9.17) is 25.8 Å². The van der Waals surface area contributed by atoms with Crippen molar-refractivity contribution in [3.63, 3.8) is 0 Å². The van der Waals surface area contributed by atoms with Crippen molar-refractivity contribution in [1.29, 1.82) is 0 Å². The van der Waals surface area contributed by atoms with Crippen molar-refractivity contribution in [2.75, 3.05) is 44.8 Å². The molecule has 4 rings (SSSR count). The number of halogens is 4. The Kier molecular flexibility index (Phi) is 9.27. The molecule has 2 heterocycles. The van der Waals surface area contributed by atoms with Crippen molar-refractivity contribution in [3.05, 3.63) is 77.1 Å². The van der Waals surface area contributed by atoms with Gasteiger partial charge in [-0.05, 0) is 35.9 Å². The van der Waals surface area contributed by atoms with Crippen molar-refractivity contribution < 1.29 is 32.2 Å². The number of benzene rings is 2. The van der Waals surface area contributed by atoms with Crippen LogP contribution in [0, 0.1) is 0 Å². The van der Waals surface area contributed by atoms with Gasteiger partial charge in [0.2, 0.25) is 0 Å². The topological polar surface area (TPSA) is 85.0 Å². The lowest BCUT2D eigenvalue weighted by Gasteiger charge is -2.26. The van der Waals surface area contributed by atoms with Crippen LogP contribution in [0.25, 0.3) is 0 Å². The van der Waals surface area contributed by atoms with E-state index >= 15 is 0 Å². The first kappa shape index (κ1) is 27.5. The molecule has 8 nitrogen and oxygen atoms in total. The second kappa shape index (κ2) is 12.8. The molecule has 1 saturated heterocycles. The third-order valence-electron chi connectivity index (χ3n) is 5.65. The molecular weight excluding hydrogens is 525 g/mol. The lowest BCUT2D eigenvalue weighted by Crippen LogP contribution is -2.38. The molecular formula is C26H26ClF3N4O4. The lowest BCUT2D eigenvalue weighted by atomic mass is 10.1. The van der Waals surface area contributed by atoms with Gasteiger partial charge in [-0.2, -0.15) is 13.2 Å². The Bertz CT molecular complexity index is 1210. The maximum absolute atomic E-state index is 13.4. The number of aromatic nitrogens is 1. The SMILES string of the molecule is O=C(NCc1ccc(Oc2ccncc2)cc1)Nc1cc(C(F)(F)F)c(Cl)cc1OCCN1CCOCC1. The van der Waals surface area contributed by atoms with E-state index < -0.39 is 22.8 Å². The van der Waals surface area contributed by atoms with Crippen LogP contribution in [0.3, 0.4) is 0 Å². The molecule has 0 spiro atoms. The number of urea groups is 1. The number of hydrogen-bond acceptors (Lipinski definition) is 6. The summed E-state index contributed by atoms with van der Waals surface area (Å²) >= 11 is 5.89. The van der Waals surface area contributed by atoms with E-state index in [-0.39, 0.29) is 24.6 Å². The fourth-order valence-electron chi connectivity index (χ4n) is 3.67. The van der Waals surface area contributed by atoms with E-state index in [1.165, 1.54) is 0 Å². The third-order valence-corrected chi connectivity index (χ3v) is 5.97. The monoisotopic (exact) mass is 550 g/mol. The number of pyridine rings is 1. The molecule has 1 aliphatic heterocycles. The number of amides is 2. The molecule has 1 fully saturated rings. The van der Waals surface area contributed by atoms with Crippen molar-refractivity contribution in [2.45, 2.75) is 12.7 Å². The summed E-state index contributed by atoms with van der Waals surface area (Å²) in [6, 6.07) is 11.6. The molecule has 1 aliphatic rings. The summed E-state index contributed by atoms with van der Waals surface area (Å²) in [4.78, 5) is 18.6. The standard InChI is InChI=1S/C26H26ClF3N4O4/c27-22-16-24(37-14-11-34-9-12-36-13-10-34)23(15-21(22)26(28,29)30)33-25(35)32-17-18-1-3-19(4-2-18)38-20-5-7-31-8-6-20/h1-8,15-16H,9-14,17H2,(H2,32,33,35). The summed E-state index contributed by atoms with van der Waals surface area (Å²) < 4.78 is 57.1. The van der Waals surface area contributed by atoms with Crippen LogP contribution in [0.4, 0.5) is 23.7 Å². The van der Waals surface area contributed by atoms with E-state index in [0.717, 1.165) is 30.8 Å². The number of ether oxygens (including phenoxy) is 3. The zero-order valence-electron chi connectivity index (χ0n) is 20.3. The van der Waals surface area contributed by atoms with Crippen LogP contribution in [0.5, 0.6) is 17.2 Å². The van der Waals surface area contributed by atoms with Gasteiger partial charge in [0.1, 0.15) is 23.9 Å². The maximum atomic E-state index is 13.4. The predicted molar refractivity (Wildman–Crippen MR) is 136 cm³/mol. The Hall–Kier alpha value is -3.54. The molecule has 3 aromatic rings. The Labute approximate surface area is 222 Å². The highest BCUT2D eigenvalue weighted by atomic mass is 35.5. The number of nitrogens with zero attached hydrogens (tertiary/aromatic N) is 2. The van der Waals surface area contributed by atoms with Gasteiger partial charge in [0.25, 0.3) is 0 Å². The average Bonchev–Trinajstić information content (AvgIpc) is 2.90. The number of carbonyl (C=O) groups is 1. The minimum absolute atomic E-state index is 0.0454. The second-order valence-corrected chi connectivity index (χ2v) is 8.77. The van der Waals surface area contributed by atoms with Gasteiger partial charge in [0, 0.05) is 44.6 Å². The highest BCUT2D eigenvalue weighted by Gasteiger charge is 2.34. The van der Waals surface area contributed by atoms with Crippen molar-refractivity contribution in [1.82, 2.24) is 15.2 Å². The number of nitrogens with one attached hydrogen (secondary N) is 2. The van der Waals surface area contributed by atoms with Crippen LogP contribution < -0.4 is 20.1 Å². The number of alkyl halides is 3. The fraction of sp³-hybridized carbons (Fsp3) is 0.308. The number of hydrogen-bond donors (Lipinski definition) is 2. The summed E-state index contributed by atoms with van der Waals surface area (Å²) in [5.74, 6) is 1.28. The van der Waals surface area contributed by atoms with E-state index in [2.05, 4.69) is 20.5 Å². The van der Waals surface area contributed by atoms with Crippen LogP contribution in [0.2, 0.25) is 5.02 Å². The molecule has 38 heavy (non-hydrogen) atoms. The van der Waals surface area contributed by atoms with Crippen LogP contribution >= 0.6 is 11.6 Å². The Morgan fingerprint density at radius 2 is 1.74 bits per heavy atom. The number of anilines is 1. The summed E-state index contributed by atoms with van der Waals surface area (Å²) in [6.07, 6.45) is -1.47. The van der Waals surface area contributed by atoms with Gasteiger partial charge in [-0.1, -0.05) is 23.7 Å². The van der Waals surface area contributed by atoms with Gasteiger partial charge in [0.15, 0.2) is 0 Å². The van der Waals surface area contributed by atoms with Crippen LogP contribution in [-0.2, 0) is 17.5 Å². The average molecular weight is 551 g/mol. The van der Waals surface area contributed by atoms with E-state index in [9.17, 15) is 18.0 Å². The Balaban J connectivity index is 1.37. The fourth-order valence-corrected chi connectivity index (χ4v) is 3.93. The molecule has 2 aromatic carbocycles. The zero-order valence-corrected chi connectivity index (χ0v) is 21.0. The first-order chi connectivity index (χ1) is 18.3. The summed E-state index contributed by atoms with van der Waals surface area (Å²) in [5.41, 5.74) is -0.446. The van der Waals surface area contributed by atoms with Gasteiger partial charge < -0.3 is 24.8 Å². The molecule has 0 radical (unpaired) electrons. The highest BCUT2D eigenvalue weighted by molar-refractivity contribution is 6.31. The maximum Gasteiger partial charge on any atom is 0.417 e. The van der Waals surface area contributed by atoms with Crippen molar-refractivity contribution in [2.24, 2.45) is 0 Å². The minimum atomic E-state index is -4.70. The molecule has 0 aliphatic carbocycles. The predicted octanol–water partition coefficient (Wildman–Crippen LogP) is 5.58. The van der Waals surface area contributed by atoms with Gasteiger partial charge in [0.05, 0.1) is 29.5 Å². The normalized spacial score (nSPS) is 14.1. The molecule has 2 amide bonds. The molecule has 0 unspecified atom stereocenters. The first-order valence-electron chi connectivity index (χ1n) is 11.8. The molecule has 0 saturated carbocycles. The van der Waals surface area contributed by atoms with E-state index in [1.54, 1.807) is 48.8 Å². The molecule has 202 valence electrons. The summed E-state index contributed by atoms with van der Waals surface area (Å²) in [5, 5.41) is 4.57. The molecule has 12 heteroatoms. The minimum Gasteiger partial charge on any atom is -0.490 e. The van der Waals surface area contributed by atoms with Crippen LogP contribution in [0.15, 0.2) is 60.9 Å². The van der Waals surface area contributed by atoms with Crippen molar-refractivity contribution >= 4 is 23.3 Å². The number of morpholine rings is 1. The zero-order chi connectivity index (χ0) is 27.0. The van der Waals surface area contributed by atoms with Crippen molar-refractivity contribution in [3.8, 4) is 17.2 Å². The number of rotatable bonds is 9. The van der Waals surface area contributed by atoms with Gasteiger partial charge >= 0.3 is 12.2 Å². The molecule has 0 atom stereocenters.